The molecule has 1 saturated heterocycles. The monoisotopic (exact) mass is 425 g/mol. The van der Waals surface area contributed by atoms with Crippen LogP contribution in [-0.2, 0) is 9.59 Å². The lowest BCUT2D eigenvalue weighted by atomic mass is 9.88. The Bertz CT molecular complexity index is 1350. The van der Waals surface area contributed by atoms with Crippen LogP contribution in [0.3, 0.4) is 0 Å². The topological polar surface area (TPSA) is 115 Å². The first-order valence-electron chi connectivity index (χ1n) is 9.17. The van der Waals surface area contributed by atoms with Crippen LogP contribution < -0.4 is 10.9 Å². The molecule has 2 N–H and O–H groups in total. The second-order valence-corrected chi connectivity index (χ2v) is 7.25. The lowest BCUT2D eigenvalue weighted by Crippen LogP contribution is -2.43. The third-order valence-electron chi connectivity index (χ3n) is 5.50. The number of hydrogen-bond acceptors (Lipinski definition) is 6. The minimum atomic E-state index is -1.17. The smallest absolute Gasteiger partial charge is 0.334 e. The highest BCUT2D eigenvalue weighted by molar-refractivity contribution is 6.44. The van der Waals surface area contributed by atoms with E-state index in [1.807, 2.05) is 0 Å². The molecule has 3 heterocycles. The molecular weight excluding hydrogens is 412 g/mol. The number of H-pyrrole nitrogens is 1. The van der Waals surface area contributed by atoms with Gasteiger partial charge in [-0.25, -0.2) is 23.6 Å². The second kappa shape index (κ2) is 6.42. The summed E-state index contributed by atoms with van der Waals surface area (Å²) in [7, 11) is 1.17. The van der Waals surface area contributed by atoms with Crippen molar-refractivity contribution in [2.45, 2.75) is 12.1 Å². The standard InChI is InChI=1S/C20H13F2N5O4/c1-26-18(29)19(30)27(20(26)31)16-14(8-2-4-9(21)5-3-8)23-12-7-10(22)6-11-13(12)15(16)24-25-17(11)28/h2-7,14,16,23H,1H3,(H,25,28). The summed E-state index contributed by atoms with van der Waals surface area (Å²) in [6, 6.07) is 4.48. The van der Waals surface area contributed by atoms with Crippen molar-refractivity contribution in [1.29, 1.82) is 0 Å². The summed E-state index contributed by atoms with van der Waals surface area (Å²) in [6.07, 6.45) is 0. The van der Waals surface area contributed by atoms with Crippen LogP contribution in [0, 0.1) is 11.6 Å². The fourth-order valence-electron chi connectivity index (χ4n) is 4.06. The van der Waals surface area contributed by atoms with Crippen molar-refractivity contribution in [1.82, 2.24) is 20.0 Å². The second-order valence-electron chi connectivity index (χ2n) is 7.25. The van der Waals surface area contributed by atoms with Crippen molar-refractivity contribution in [3.63, 3.8) is 0 Å². The van der Waals surface area contributed by atoms with Gasteiger partial charge >= 0.3 is 17.8 Å². The Morgan fingerprint density at radius 3 is 2.32 bits per heavy atom. The molecule has 156 valence electrons. The van der Waals surface area contributed by atoms with Crippen LogP contribution in [0.2, 0.25) is 0 Å². The summed E-state index contributed by atoms with van der Waals surface area (Å²) in [4.78, 5) is 51.3. The summed E-state index contributed by atoms with van der Waals surface area (Å²) in [5, 5.41) is 9.53. The van der Waals surface area contributed by atoms with Crippen LogP contribution in [0.15, 0.2) is 41.2 Å². The molecule has 11 heteroatoms. The number of amides is 4. The van der Waals surface area contributed by atoms with E-state index in [2.05, 4.69) is 15.5 Å². The van der Waals surface area contributed by atoms with Gasteiger partial charge < -0.3 is 5.32 Å². The minimum Gasteiger partial charge on any atom is -0.375 e. The predicted octanol–water partition coefficient (Wildman–Crippen LogP) is 1.83. The van der Waals surface area contributed by atoms with Crippen molar-refractivity contribution in [3.8, 4) is 0 Å². The number of aromatic nitrogens is 2. The van der Waals surface area contributed by atoms with Crippen molar-refractivity contribution < 1.29 is 23.2 Å². The Morgan fingerprint density at radius 1 is 0.968 bits per heavy atom. The lowest BCUT2D eigenvalue weighted by molar-refractivity contribution is -0.143. The van der Waals surface area contributed by atoms with E-state index in [4.69, 9.17) is 0 Å². The Morgan fingerprint density at radius 2 is 1.68 bits per heavy atom. The van der Waals surface area contributed by atoms with Gasteiger partial charge in [-0.15, -0.1) is 0 Å². The first-order chi connectivity index (χ1) is 14.8. The molecule has 4 amide bonds. The zero-order chi connectivity index (χ0) is 22.0. The molecule has 2 atom stereocenters. The first-order valence-corrected chi connectivity index (χ1v) is 9.17. The zero-order valence-corrected chi connectivity index (χ0v) is 15.8. The number of nitrogens with one attached hydrogen (secondary N) is 2. The lowest BCUT2D eigenvalue weighted by Gasteiger charge is -2.37. The highest BCUT2D eigenvalue weighted by Crippen LogP contribution is 2.46. The number of imide groups is 2. The molecule has 0 bridgehead atoms. The molecule has 2 aromatic carbocycles. The van der Waals surface area contributed by atoms with Crippen LogP contribution in [0.1, 0.15) is 23.3 Å². The average Bonchev–Trinajstić information content (AvgIpc) is 2.93. The molecule has 1 fully saturated rings. The number of benzene rings is 2. The molecule has 2 aliphatic heterocycles. The molecule has 0 radical (unpaired) electrons. The number of carbonyl (C=O) groups is 3. The van der Waals surface area contributed by atoms with Crippen LogP contribution >= 0.6 is 0 Å². The van der Waals surface area contributed by atoms with Gasteiger partial charge in [0, 0.05) is 18.1 Å². The van der Waals surface area contributed by atoms with Crippen molar-refractivity contribution in [2.24, 2.45) is 0 Å². The quantitative estimate of drug-likeness (QED) is 0.478. The molecular formula is C20H13F2N5O4. The molecule has 9 nitrogen and oxygen atoms in total. The maximum atomic E-state index is 14.2. The van der Waals surface area contributed by atoms with Crippen LogP contribution in [-0.4, -0.2) is 44.9 Å². The van der Waals surface area contributed by atoms with Gasteiger partial charge in [0.25, 0.3) is 5.56 Å². The predicted molar refractivity (Wildman–Crippen MR) is 103 cm³/mol. The van der Waals surface area contributed by atoms with E-state index in [9.17, 15) is 28.0 Å². The fraction of sp³-hybridized carbons (Fsp3) is 0.150. The zero-order valence-electron chi connectivity index (χ0n) is 15.8. The van der Waals surface area contributed by atoms with E-state index < -0.39 is 47.1 Å². The van der Waals surface area contributed by atoms with Crippen LogP contribution in [0.5, 0.6) is 0 Å². The Labute approximate surface area is 172 Å². The summed E-state index contributed by atoms with van der Waals surface area (Å²) in [5.74, 6) is -3.28. The third-order valence-corrected chi connectivity index (χ3v) is 5.50. The van der Waals surface area contributed by atoms with Gasteiger partial charge in [0.05, 0.1) is 17.1 Å². The first kappa shape index (κ1) is 18.9. The largest absolute Gasteiger partial charge is 0.375 e. The van der Waals surface area contributed by atoms with Gasteiger partial charge in [-0.05, 0) is 29.8 Å². The number of halogens is 2. The number of aromatic amines is 1. The molecule has 0 saturated carbocycles. The van der Waals surface area contributed by atoms with E-state index >= 15 is 0 Å². The van der Waals surface area contributed by atoms with E-state index in [1.165, 1.54) is 31.3 Å². The van der Waals surface area contributed by atoms with Crippen molar-refractivity contribution in [3.05, 3.63) is 69.6 Å². The summed E-state index contributed by atoms with van der Waals surface area (Å²) in [5.41, 5.74) is 0.105. The normalized spacial score (nSPS) is 20.5. The van der Waals surface area contributed by atoms with Crippen LogP contribution in [0.4, 0.5) is 19.3 Å². The van der Waals surface area contributed by atoms with Gasteiger partial charge in [-0.3, -0.25) is 19.3 Å². The van der Waals surface area contributed by atoms with Gasteiger partial charge in [0.1, 0.15) is 17.7 Å². The molecule has 0 aliphatic carbocycles. The summed E-state index contributed by atoms with van der Waals surface area (Å²) >= 11 is 0. The van der Waals surface area contributed by atoms with E-state index in [0.717, 1.165) is 17.0 Å². The molecule has 3 aromatic rings. The minimum absolute atomic E-state index is 0.0335. The van der Waals surface area contributed by atoms with E-state index in [-0.39, 0.29) is 22.2 Å². The number of anilines is 1. The number of carbonyl (C=O) groups excluding carboxylic acids is 3. The molecule has 0 spiro atoms. The van der Waals surface area contributed by atoms with Crippen LogP contribution in [0.25, 0.3) is 10.8 Å². The van der Waals surface area contributed by atoms with Gasteiger partial charge in [-0.2, -0.15) is 5.10 Å². The molecule has 31 heavy (non-hydrogen) atoms. The molecule has 1 aromatic heterocycles. The number of hydrogen-bond donors (Lipinski definition) is 2. The number of urea groups is 1. The number of nitrogens with zero attached hydrogens (tertiary/aromatic N) is 3. The van der Waals surface area contributed by atoms with Crippen molar-refractivity contribution >= 4 is 34.3 Å². The summed E-state index contributed by atoms with van der Waals surface area (Å²) in [6.45, 7) is 0. The van der Waals surface area contributed by atoms with E-state index in [1.54, 1.807) is 0 Å². The number of likely N-dealkylation sites (N-methyl/N-ethyl adjacent to an activating group) is 1. The average molecular weight is 425 g/mol. The number of rotatable bonds is 2. The highest BCUT2D eigenvalue weighted by Gasteiger charge is 2.51. The van der Waals surface area contributed by atoms with Gasteiger partial charge in [0.15, 0.2) is 0 Å². The fourth-order valence-corrected chi connectivity index (χ4v) is 4.06. The van der Waals surface area contributed by atoms with E-state index in [0.29, 0.717) is 10.5 Å². The van der Waals surface area contributed by atoms with Crippen molar-refractivity contribution in [2.75, 3.05) is 12.4 Å². The summed E-state index contributed by atoms with van der Waals surface area (Å²) < 4.78 is 27.7. The molecule has 5 rings (SSSR count). The Balaban J connectivity index is 1.80. The molecule has 2 unspecified atom stereocenters. The molecule has 2 aliphatic rings. The third kappa shape index (κ3) is 2.62. The SMILES string of the molecule is CN1C(=O)C(=O)N(C2c3n[nH]c(=O)c4cc(F)cc(c34)NC2c2ccc(F)cc2)C1=O. The van der Waals surface area contributed by atoms with Gasteiger partial charge in [0.2, 0.25) is 0 Å². The van der Waals surface area contributed by atoms with Gasteiger partial charge in [-0.1, -0.05) is 12.1 Å². The Hall–Kier alpha value is -4.15. The maximum absolute atomic E-state index is 14.2. The highest BCUT2D eigenvalue weighted by atomic mass is 19.1. The Kier molecular flexibility index (Phi) is 3.91. The maximum Gasteiger partial charge on any atom is 0.334 e.